The van der Waals surface area contributed by atoms with Crippen molar-refractivity contribution in [1.29, 1.82) is 0 Å². The SMILES string of the molecule is NCCc1ccc2c(c1)CC(=O)N2CC(O)CCN. The van der Waals surface area contributed by atoms with Crippen LogP contribution in [-0.2, 0) is 17.6 Å². The van der Waals surface area contributed by atoms with E-state index in [4.69, 9.17) is 11.5 Å². The monoisotopic (exact) mass is 263 g/mol. The maximum atomic E-state index is 12.0. The van der Waals surface area contributed by atoms with Gasteiger partial charge >= 0.3 is 0 Å². The van der Waals surface area contributed by atoms with Crippen LogP contribution in [-0.4, -0.2) is 36.8 Å². The maximum Gasteiger partial charge on any atom is 0.231 e. The van der Waals surface area contributed by atoms with Gasteiger partial charge in [-0.2, -0.15) is 0 Å². The van der Waals surface area contributed by atoms with E-state index in [-0.39, 0.29) is 5.91 Å². The predicted molar refractivity (Wildman–Crippen MR) is 74.9 cm³/mol. The highest BCUT2D eigenvalue weighted by Gasteiger charge is 2.28. The summed E-state index contributed by atoms with van der Waals surface area (Å²) in [4.78, 5) is 13.7. The fourth-order valence-electron chi connectivity index (χ4n) is 2.45. The van der Waals surface area contributed by atoms with Gasteiger partial charge < -0.3 is 21.5 Å². The number of nitrogens with zero attached hydrogens (tertiary/aromatic N) is 1. The van der Waals surface area contributed by atoms with Crippen LogP contribution in [0.5, 0.6) is 0 Å². The molecule has 0 saturated heterocycles. The standard InChI is InChI=1S/C14H21N3O2/c15-5-3-10-1-2-13-11(7-10)8-14(19)17(13)9-12(18)4-6-16/h1-2,7,12,18H,3-6,8-9,15-16H2. The van der Waals surface area contributed by atoms with E-state index >= 15 is 0 Å². The molecule has 2 rings (SSSR count). The van der Waals surface area contributed by atoms with E-state index in [0.717, 1.165) is 23.2 Å². The molecule has 1 aromatic carbocycles. The lowest BCUT2D eigenvalue weighted by molar-refractivity contribution is -0.117. The zero-order chi connectivity index (χ0) is 13.8. The molecule has 1 heterocycles. The van der Waals surface area contributed by atoms with Crippen molar-refractivity contribution in [2.24, 2.45) is 11.5 Å². The van der Waals surface area contributed by atoms with Crippen molar-refractivity contribution in [1.82, 2.24) is 0 Å². The number of anilines is 1. The molecule has 1 amide bonds. The Balaban J connectivity index is 2.15. The van der Waals surface area contributed by atoms with E-state index in [2.05, 4.69) is 0 Å². The number of amides is 1. The summed E-state index contributed by atoms with van der Waals surface area (Å²) >= 11 is 0. The number of carbonyl (C=O) groups is 1. The number of hydrogen-bond donors (Lipinski definition) is 3. The summed E-state index contributed by atoms with van der Waals surface area (Å²) in [6.07, 6.45) is 1.16. The Morgan fingerprint density at radius 3 is 2.79 bits per heavy atom. The molecule has 0 bridgehead atoms. The van der Waals surface area contributed by atoms with Crippen molar-refractivity contribution < 1.29 is 9.90 Å². The van der Waals surface area contributed by atoms with Crippen LogP contribution in [0.2, 0.25) is 0 Å². The highest BCUT2D eigenvalue weighted by Crippen LogP contribution is 2.30. The number of aliphatic hydroxyl groups is 1. The van der Waals surface area contributed by atoms with Crippen molar-refractivity contribution in [3.05, 3.63) is 29.3 Å². The number of β-amino-alcohol motifs (C(OH)–C–C–N with tert-alkyl or cyclic N) is 1. The van der Waals surface area contributed by atoms with E-state index < -0.39 is 6.10 Å². The van der Waals surface area contributed by atoms with Gasteiger partial charge in [-0.15, -0.1) is 0 Å². The Bertz CT molecular complexity index is 462. The fraction of sp³-hybridized carbons (Fsp3) is 0.500. The lowest BCUT2D eigenvalue weighted by Gasteiger charge is -2.21. The molecule has 1 aliphatic heterocycles. The number of rotatable bonds is 6. The second kappa shape index (κ2) is 6.14. The Kier molecular flexibility index (Phi) is 4.52. The minimum Gasteiger partial charge on any atom is -0.391 e. The summed E-state index contributed by atoms with van der Waals surface area (Å²) in [7, 11) is 0. The van der Waals surface area contributed by atoms with Crippen LogP contribution < -0.4 is 16.4 Å². The van der Waals surface area contributed by atoms with E-state index in [1.807, 2.05) is 18.2 Å². The molecule has 5 N–H and O–H groups in total. The first kappa shape index (κ1) is 14.0. The van der Waals surface area contributed by atoms with Gasteiger partial charge in [0.2, 0.25) is 5.91 Å². The zero-order valence-corrected chi connectivity index (χ0v) is 11.0. The smallest absolute Gasteiger partial charge is 0.231 e. The van der Waals surface area contributed by atoms with Gasteiger partial charge in [0.05, 0.1) is 19.1 Å². The summed E-state index contributed by atoms with van der Waals surface area (Å²) in [5.74, 6) is 0.0379. The van der Waals surface area contributed by atoms with Gasteiger partial charge in [0.25, 0.3) is 0 Å². The van der Waals surface area contributed by atoms with Gasteiger partial charge in [0, 0.05) is 5.69 Å². The lowest BCUT2D eigenvalue weighted by Crippen LogP contribution is -2.35. The second-order valence-corrected chi connectivity index (χ2v) is 4.91. The third kappa shape index (κ3) is 3.12. The third-order valence-electron chi connectivity index (χ3n) is 3.40. The highest BCUT2D eigenvalue weighted by atomic mass is 16.3. The number of benzene rings is 1. The van der Waals surface area contributed by atoms with Crippen LogP contribution >= 0.6 is 0 Å². The lowest BCUT2D eigenvalue weighted by atomic mass is 10.1. The van der Waals surface area contributed by atoms with Crippen LogP contribution in [0.3, 0.4) is 0 Å². The quantitative estimate of drug-likeness (QED) is 0.662. The molecular weight excluding hydrogens is 242 g/mol. The average molecular weight is 263 g/mol. The maximum absolute atomic E-state index is 12.0. The molecule has 0 aliphatic carbocycles. The molecule has 1 unspecified atom stereocenters. The number of fused-ring (bicyclic) bond motifs is 1. The molecule has 1 atom stereocenters. The number of nitrogens with two attached hydrogens (primary N) is 2. The molecule has 1 aliphatic rings. The van der Waals surface area contributed by atoms with Crippen LogP contribution in [0.15, 0.2) is 18.2 Å². The molecule has 5 nitrogen and oxygen atoms in total. The largest absolute Gasteiger partial charge is 0.391 e. The van der Waals surface area contributed by atoms with Gasteiger partial charge in [-0.3, -0.25) is 4.79 Å². The van der Waals surface area contributed by atoms with Crippen LogP contribution in [0.1, 0.15) is 17.5 Å². The Morgan fingerprint density at radius 2 is 2.11 bits per heavy atom. The van der Waals surface area contributed by atoms with E-state index in [1.54, 1.807) is 4.90 Å². The van der Waals surface area contributed by atoms with Crippen molar-refractivity contribution >= 4 is 11.6 Å². The molecule has 0 spiro atoms. The normalized spacial score (nSPS) is 15.7. The average Bonchev–Trinajstić information content (AvgIpc) is 2.66. The van der Waals surface area contributed by atoms with Crippen LogP contribution in [0, 0.1) is 0 Å². The van der Waals surface area contributed by atoms with Crippen molar-refractivity contribution in [2.75, 3.05) is 24.5 Å². The minimum absolute atomic E-state index is 0.0379. The first-order valence-corrected chi connectivity index (χ1v) is 6.66. The van der Waals surface area contributed by atoms with Gasteiger partial charge in [-0.05, 0) is 43.1 Å². The molecule has 19 heavy (non-hydrogen) atoms. The Labute approximate surface area is 113 Å². The Morgan fingerprint density at radius 1 is 1.32 bits per heavy atom. The van der Waals surface area contributed by atoms with E-state index in [0.29, 0.717) is 32.5 Å². The molecule has 0 radical (unpaired) electrons. The summed E-state index contributed by atoms with van der Waals surface area (Å²) in [6.45, 7) is 1.34. The van der Waals surface area contributed by atoms with Gasteiger partial charge in [0.15, 0.2) is 0 Å². The first-order chi connectivity index (χ1) is 9.15. The molecular formula is C14H21N3O2. The molecule has 0 fully saturated rings. The molecule has 0 aromatic heterocycles. The number of aliphatic hydroxyl groups excluding tert-OH is 1. The van der Waals surface area contributed by atoms with E-state index in [1.165, 1.54) is 0 Å². The fourth-order valence-corrected chi connectivity index (χ4v) is 2.45. The summed E-state index contributed by atoms with van der Waals surface area (Å²) in [5, 5.41) is 9.80. The number of carbonyl (C=O) groups excluding carboxylic acids is 1. The first-order valence-electron chi connectivity index (χ1n) is 6.66. The second-order valence-electron chi connectivity index (χ2n) is 4.91. The third-order valence-corrected chi connectivity index (χ3v) is 3.40. The molecule has 5 heteroatoms. The zero-order valence-electron chi connectivity index (χ0n) is 11.0. The molecule has 104 valence electrons. The highest BCUT2D eigenvalue weighted by molar-refractivity contribution is 6.01. The molecule has 0 saturated carbocycles. The van der Waals surface area contributed by atoms with Crippen molar-refractivity contribution in [3.8, 4) is 0 Å². The molecule has 1 aromatic rings. The summed E-state index contributed by atoms with van der Waals surface area (Å²) < 4.78 is 0. The van der Waals surface area contributed by atoms with Gasteiger partial charge in [-0.25, -0.2) is 0 Å². The van der Waals surface area contributed by atoms with Crippen molar-refractivity contribution in [2.45, 2.75) is 25.4 Å². The van der Waals surface area contributed by atoms with E-state index in [9.17, 15) is 9.90 Å². The van der Waals surface area contributed by atoms with Crippen LogP contribution in [0.4, 0.5) is 5.69 Å². The summed E-state index contributed by atoms with van der Waals surface area (Å²) in [6, 6.07) is 5.97. The minimum atomic E-state index is -0.566. The van der Waals surface area contributed by atoms with Gasteiger partial charge in [0.1, 0.15) is 0 Å². The number of hydrogen-bond acceptors (Lipinski definition) is 4. The van der Waals surface area contributed by atoms with Crippen molar-refractivity contribution in [3.63, 3.8) is 0 Å². The topological polar surface area (TPSA) is 92.6 Å². The Hall–Kier alpha value is -1.43. The summed E-state index contributed by atoms with van der Waals surface area (Å²) in [5.41, 5.74) is 14.0. The van der Waals surface area contributed by atoms with Crippen LogP contribution in [0.25, 0.3) is 0 Å². The van der Waals surface area contributed by atoms with Gasteiger partial charge in [-0.1, -0.05) is 12.1 Å². The predicted octanol–water partition coefficient (Wildman–Crippen LogP) is -0.213.